The van der Waals surface area contributed by atoms with Gasteiger partial charge < -0.3 is 0 Å². The number of unbranched alkanes of at least 4 members (excludes halogenated alkanes) is 10. The van der Waals surface area contributed by atoms with Crippen LogP contribution in [0.25, 0.3) is 21.5 Å². The number of imide groups is 2. The number of hydrogen-bond donors (Lipinski definition) is 0. The van der Waals surface area contributed by atoms with Gasteiger partial charge in [0.2, 0.25) is 0 Å². The summed E-state index contributed by atoms with van der Waals surface area (Å²) in [6.45, 7) is 5.37. The first-order chi connectivity index (χ1) is 25.3. The van der Waals surface area contributed by atoms with Gasteiger partial charge in [-0.2, -0.15) is 0 Å². The second-order valence-electron chi connectivity index (χ2n) is 14.1. The van der Waals surface area contributed by atoms with Crippen LogP contribution in [0, 0.1) is 0 Å². The third-order valence-electron chi connectivity index (χ3n) is 10.4. The molecule has 4 aliphatic heterocycles. The Kier molecular flexibility index (Phi) is 10.5. The highest BCUT2D eigenvalue weighted by molar-refractivity contribution is 8.30. The second-order valence-corrected chi connectivity index (χ2v) is 18.9. The minimum absolute atomic E-state index is 0.172. The van der Waals surface area contributed by atoms with Crippen LogP contribution >= 0.6 is 47.0 Å². The van der Waals surface area contributed by atoms with Crippen molar-refractivity contribution in [3.8, 4) is 0 Å². The number of carbonyl (C=O) groups excluding carboxylic acids is 4. The molecule has 0 fully saturated rings. The van der Waals surface area contributed by atoms with Crippen molar-refractivity contribution in [1.82, 2.24) is 9.80 Å². The van der Waals surface area contributed by atoms with Crippen molar-refractivity contribution in [3.63, 3.8) is 0 Å². The molecular formula is C42H42N2O4S4. The predicted molar refractivity (Wildman–Crippen MR) is 216 cm³/mol. The van der Waals surface area contributed by atoms with Gasteiger partial charge in [-0.15, -0.1) is 0 Å². The van der Waals surface area contributed by atoms with Crippen LogP contribution in [0.5, 0.6) is 0 Å². The minimum Gasteiger partial charge on any atom is -0.274 e. The van der Waals surface area contributed by atoms with Crippen LogP contribution in [0.1, 0.15) is 132 Å². The van der Waals surface area contributed by atoms with Crippen molar-refractivity contribution in [1.29, 1.82) is 0 Å². The van der Waals surface area contributed by atoms with Crippen LogP contribution < -0.4 is 0 Å². The van der Waals surface area contributed by atoms with Gasteiger partial charge >= 0.3 is 0 Å². The van der Waals surface area contributed by atoms with Gasteiger partial charge in [-0.05, 0) is 82.9 Å². The standard InChI is InChI=1S/C42H42N2O4S4/c1-3-5-7-9-11-13-15-43-37(45)29-17-25-21-33-34(22-26(25)18-30(29)38(43)46)50-41(49-33)42-51-35-23-27-19-31-32(20-28(27)24-36(35)52-42)40(48)44(39(31)47)16-14-12-10-8-6-4-2/h17-24H,3-16H2,1-2H3. The average molecular weight is 767 g/mol. The Morgan fingerprint density at radius 3 is 0.942 bits per heavy atom. The maximum atomic E-state index is 13.3. The van der Waals surface area contributed by atoms with Crippen LogP contribution in [0.15, 0.2) is 76.6 Å². The Morgan fingerprint density at radius 1 is 0.385 bits per heavy atom. The molecule has 0 N–H and O–H groups in total. The first kappa shape index (κ1) is 35.8. The van der Waals surface area contributed by atoms with Crippen LogP contribution in [0.2, 0.25) is 0 Å². The van der Waals surface area contributed by atoms with Crippen molar-refractivity contribution in [2.75, 3.05) is 13.1 Å². The van der Waals surface area contributed by atoms with Gasteiger partial charge in [-0.3, -0.25) is 29.0 Å². The smallest absolute Gasteiger partial charge is 0.261 e. The zero-order chi connectivity index (χ0) is 35.9. The van der Waals surface area contributed by atoms with E-state index in [-0.39, 0.29) is 23.6 Å². The van der Waals surface area contributed by atoms with Gasteiger partial charge in [0.15, 0.2) is 0 Å². The van der Waals surface area contributed by atoms with E-state index in [9.17, 15) is 19.2 Å². The SMILES string of the molecule is CCCCCCCCN1C(=O)c2cc3cc4c(cc3cc2C1=O)SC(=C1Sc2cc3cc5c(cc3cc2S1)C(=O)N(CCCCCCCC)C5=O)S4. The van der Waals surface area contributed by atoms with Crippen LogP contribution in [0.3, 0.4) is 0 Å². The van der Waals surface area contributed by atoms with Gasteiger partial charge in [0.1, 0.15) is 0 Å². The number of benzene rings is 4. The molecule has 0 spiro atoms. The lowest BCUT2D eigenvalue weighted by Gasteiger charge is -2.13. The number of rotatable bonds is 14. The van der Waals surface area contributed by atoms with E-state index in [4.69, 9.17) is 0 Å². The summed E-state index contributed by atoms with van der Waals surface area (Å²) in [6, 6.07) is 16.2. The number of fused-ring (bicyclic) bond motifs is 6. The topological polar surface area (TPSA) is 74.8 Å². The van der Waals surface area contributed by atoms with Gasteiger partial charge in [0.25, 0.3) is 23.6 Å². The molecular weight excluding hydrogens is 725 g/mol. The Morgan fingerprint density at radius 2 is 0.654 bits per heavy atom. The van der Waals surface area contributed by atoms with E-state index in [0.717, 1.165) is 79.7 Å². The van der Waals surface area contributed by atoms with Crippen molar-refractivity contribution in [2.45, 2.75) is 110 Å². The largest absolute Gasteiger partial charge is 0.274 e. The van der Waals surface area contributed by atoms with Crippen molar-refractivity contribution in [3.05, 3.63) is 79.3 Å². The number of carbonyl (C=O) groups is 4. The van der Waals surface area contributed by atoms with Crippen molar-refractivity contribution in [2.24, 2.45) is 0 Å². The molecule has 0 saturated heterocycles. The predicted octanol–water partition coefficient (Wildman–Crippen LogP) is 12.1. The highest BCUT2D eigenvalue weighted by Gasteiger charge is 2.37. The molecule has 0 radical (unpaired) electrons. The van der Waals surface area contributed by atoms with Crippen molar-refractivity contribution < 1.29 is 19.2 Å². The molecule has 6 nitrogen and oxygen atoms in total. The molecule has 0 bridgehead atoms. The van der Waals surface area contributed by atoms with Crippen molar-refractivity contribution >= 4 is 92.2 Å². The lowest BCUT2D eigenvalue weighted by molar-refractivity contribution is 0.0636. The van der Waals surface area contributed by atoms with Crippen LogP contribution in [-0.4, -0.2) is 46.5 Å². The van der Waals surface area contributed by atoms with E-state index in [0.29, 0.717) is 35.3 Å². The third kappa shape index (κ3) is 6.73. The number of amides is 4. The average Bonchev–Trinajstić information content (AvgIpc) is 3.87. The molecule has 4 aromatic rings. The Bertz CT molecular complexity index is 1910. The van der Waals surface area contributed by atoms with E-state index in [1.54, 1.807) is 47.0 Å². The Balaban J connectivity index is 0.958. The summed E-state index contributed by atoms with van der Waals surface area (Å²) >= 11 is 7.01. The fourth-order valence-corrected chi connectivity index (χ4v) is 12.9. The lowest BCUT2D eigenvalue weighted by atomic mass is 10.0. The first-order valence-corrected chi connectivity index (χ1v) is 22.0. The highest BCUT2D eigenvalue weighted by atomic mass is 32.2. The molecule has 0 aromatic heterocycles. The molecule has 4 heterocycles. The van der Waals surface area contributed by atoms with Gasteiger partial charge in [0.05, 0.1) is 30.7 Å². The lowest BCUT2D eigenvalue weighted by Crippen LogP contribution is -2.30. The maximum absolute atomic E-state index is 13.3. The minimum atomic E-state index is -0.172. The summed E-state index contributed by atoms with van der Waals surface area (Å²) in [5.74, 6) is -0.688. The quantitative estimate of drug-likeness (QED) is 0.0928. The van der Waals surface area contributed by atoms with E-state index in [1.807, 2.05) is 24.3 Å². The molecule has 8 rings (SSSR count). The fraction of sp³-hybridized carbons (Fsp3) is 0.381. The number of hydrogen-bond acceptors (Lipinski definition) is 8. The summed E-state index contributed by atoms with van der Waals surface area (Å²) in [6.07, 6.45) is 13.3. The summed E-state index contributed by atoms with van der Waals surface area (Å²) < 4.78 is 2.42. The molecule has 0 saturated carbocycles. The molecule has 268 valence electrons. The summed E-state index contributed by atoms with van der Waals surface area (Å²) in [7, 11) is 0. The van der Waals surface area contributed by atoms with Crippen LogP contribution in [-0.2, 0) is 0 Å². The normalized spacial score (nSPS) is 16.3. The Hall–Kier alpha value is -3.18. The van der Waals surface area contributed by atoms with Gasteiger partial charge in [-0.25, -0.2) is 0 Å². The monoisotopic (exact) mass is 766 g/mol. The summed E-state index contributed by atoms with van der Waals surface area (Å²) in [5, 5.41) is 3.90. The molecule has 4 aromatic carbocycles. The Labute approximate surface area is 322 Å². The molecule has 4 aliphatic rings. The van der Waals surface area contributed by atoms with E-state index >= 15 is 0 Å². The summed E-state index contributed by atoms with van der Waals surface area (Å²) in [5.41, 5.74) is 2.06. The molecule has 0 aliphatic carbocycles. The fourth-order valence-electron chi connectivity index (χ4n) is 7.52. The third-order valence-corrected chi connectivity index (χ3v) is 16.0. The van der Waals surface area contributed by atoms with E-state index < -0.39 is 0 Å². The molecule has 10 heteroatoms. The first-order valence-electron chi connectivity index (χ1n) is 18.8. The zero-order valence-electron chi connectivity index (χ0n) is 29.7. The number of nitrogens with zero attached hydrogens (tertiary/aromatic N) is 2. The molecule has 0 atom stereocenters. The maximum Gasteiger partial charge on any atom is 0.261 e. The molecule has 52 heavy (non-hydrogen) atoms. The van der Waals surface area contributed by atoms with E-state index in [1.165, 1.54) is 56.8 Å². The summed E-state index contributed by atoms with van der Waals surface area (Å²) in [4.78, 5) is 60.7. The van der Waals surface area contributed by atoms with Gasteiger partial charge in [-0.1, -0.05) is 125 Å². The second kappa shape index (κ2) is 15.3. The molecule has 4 amide bonds. The highest BCUT2D eigenvalue weighted by Crippen LogP contribution is 2.62. The van der Waals surface area contributed by atoms with Gasteiger partial charge in [0, 0.05) is 32.7 Å². The molecule has 0 unspecified atom stereocenters. The number of thioether (sulfide) groups is 4. The zero-order valence-corrected chi connectivity index (χ0v) is 32.9. The van der Waals surface area contributed by atoms with E-state index in [2.05, 4.69) is 38.1 Å². The van der Waals surface area contributed by atoms with Crippen LogP contribution in [0.4, 0.5) is 0 Å².